The van der Waals surface area contributed by atoms with E-state index in [1.165, 1.54) is 24.0 Å². The molecule has 0 aliphatic heterocycles. The van der Waals surface area contributed by atoms with Crippen LogP contribution in [0.2, 0.25) is 0 Å². The molecule has 0 amide bonds. The van der Waals surface area contributed by atoms with Gasteiger partial charge in [0.25, 0.3) is 10.0 Å². The van der Waals surface area contributed by atoms with Gasteiger partial charge in [-0.3, -0.25) is 0 Å². The summed E-state index contributed by atoms with van der Waals surface area (Å²) in [6.45, 7) is 3.28. The number of aromatic nitrogens is 2. The second kappa shape index (κ2) is 5.45. The third-order valence-corrected chi connectivity index (χ3v) is 4.86. The molecule has 0 spiro atoms. The molecule has 1 aromatic heterocycles. The van der Waals surface area contributed by atoms with Gasteiger partial charge in [0.05, 0.1) is 6.33 Å². The lowest BCUT2D eigenvalue weighted by Gasteiger charge is -2.15. The van der Waals surface area contributed by atoms with Gasteiger partial charge in [-0.1, -0.05) is 12.1 Å². The van der Waals surface area contributed by atoms with Crippen LogP contribution in [-0.4, -0.2) is 18.0 Å². The molecule has 0 aliphatic carbocycles. The number of hydrogen-bond donors (Lipinski definition) is 2. The molecule has 0 radical (unpaired) electrons. The Bertz CT molecular complexity index is 751. The van der Waals surface area contributed by atoms with Crippen LogP contribution in [0.4, 0.5) is 10.2 Å². The van der Waals surface area contributed by atoms with Crippen molar-refractivity contribution in [1.29, 1.82) is 0 Å². The highest BCUT2D eigenvalue weighted by Gasteiger charge is 2.25. The Morgan fingerprint density at radius 2 is 2.10 bits per heavy atom. The van der Waals surface area contributed by atoms with Crippen LogP contribution in [0.5, 0.6) is 0 Å². The Kier molecular flexibility index (Phi) is 4.02. The molecule has 0 aliphatic rings. The van der Waals surface area contributed by atoms with E-state index in [4.69, 9.17) is 5.73 Å². The molecule has 0 saturated carbocycles. The van der Waals surface area contributed by atoms with E-state index < -0.39 is 16.1 Å². The Morgan fingerprint density at radius 1 is 1.43 bits per heavy atom. The number of nitrogens with two attached hydrogens (primary N) is 1. The second-order valence-electron chi connectivity index (χ2n) is 4.90. The van der Waals surface area contributed by atoms with Crippen molar-refractivity contribution < 1.29 is 12.8 Å². The topological polar surface area (TPSA) is 90.0 Å². The van der Waals surface area contributed by atoms with Gasteiger partial charge < -0.3 is 10.3 Å². The smallest absolute Gasteiger partial charge is 0.260 e. The number of nitrogens with one attached hydrogen (secondary N) is 1. The molecule has 1 heterocycles. The van der Waals surface area contributed by atoms with Crippen LogP contribution >= 0.6 is 0 Å². The number of sulfonamides is 1. The van der Waals surface area contributed by atoms with Gasteiger partial charge in [0.2, 0.25) is 0 Å². The van der Waals surface area contributed by atoms with Crippen LogP contribution in [0.25, 0.3) is 0 Å². The maximum atomic E-state index is 13.6. The maximum absolute atomic E-state index is 13.6. The Morgan fingerprint density at radius 3 is 2.62 bits per heavy atom. The molecule has 1 atom stereocenters. The summed E-state index contributed by atoms with van der Waals surface area (Å²) < 4.78 is 42.0. The van der Waals surface area contributed by atoms with Crippen molar-refractivity contribution in [2.45, 2.75) is 24.9 Å². The van der Waals surface area contributed by atoms with E-state index in [1.54, 1.807) is 26.0 Å². The van der Waals surface area contributed by atoms with E-state index in [9.17, 15) is 12.8 Å². The molecule has 1 unspecified atom stereocenters. The number of nitrogen functional groups attached to an aromatic ring is 1. The van der Waals surface area contributed by atoms with E-state index in [1.807, 2.05) is 0 Å². The van der Waals surface area contributed by atoms with Gasteiger partial charge in [0.15, 0.2) is 10.8 Å². The summed E-state index contributed by atoms with van der Waals surface area (Å²) in [7, 11) is -2.31. The summed E-state index contributed by atoms with van der Waals surface area (Å²) in [4.78, 5) is 3.75. The van der Waals surface area contributed by atoms with Crippen molar-refractivity contribution >= 4 is 15.8 Å². The highest BCUT2D eigenvalue weighted by molar-refractivity contribution is 7.89. The SMILES string of the molecule is Cc1ccc(C(C)NS(=O)(=O)c2c(N)ncn2C)cc1F. The molecular formula is C13H17FN4O2S. The molecule has 0 saturated heterocycles. The molecule has 2 aromatic rings. The van der Waals surface area contributed by atoms with Crippen LogP contribution in [-0.2, 0) is 17.1 Å². The monoisotopic (exact) mass is 312 g/mol. The van der Waals surface area contributed by atoms with Crippen molar-refractivity contribution in [2.75, 3.05) is 5.73 Å². The fourth-order valence-electron chi connectivity index (χ4n) is 2.00. The van der Waals surface area contributed by atoms with E-state index in [-0.39, 0.29) is 16.7 Å². The van der Waals surface area contributed by atoms with Crippen molar-refractivity contribution in [3.63, 3.8) is 0 Å². The van der Waals surface area contributed by atoms with Gasteiger partial charge in [-0.25, -0.2) is 22.5 Å². The van der Waals surface area contributed by atoms with E-state index in [0.717, 1.165) is 0 Å². The van der Waals surface area contributed by atoms with E-state index >= 15 is 0 Å². The minimum atomic E-state index is -3.85. The summed E-state index contributed by atoms with van der Waals surface area (Å²) >= 11 is 0. The Hall–Kier alpha value is -1.93. The summed E-state index contributed by atoms with van der Waals surface area (Å²) in [5, 5.41) is -0.109. The maximum Gasteiger partial charge on any atom is 0.260 e. The first kappa shape index (κ1) is 15.5. The molecule has 21 heavy (non-hydrogen) atoms. The number of benzene rings is 1. The molecule has 8 heteroatoms. The largest absolute Gasteiger partial charge is 0.381 e. The Labute approximate surface area is 122 Å². The summed E-state index contributed by atoms with van der Waals surface area (Å²) in [6.07, 6.45) is 1.32. The quantitative estimate of drug-likeness (QED) is 0.895. The van der Waals surface area contributed by atoms with Gasteiger partial charge in [-0.15, -0.1) is 0 Å². The minimum Gasteiger partial charge on any atom is -0.381 e. The number of rotatable bonds is 4. The molecule has 0 fully saturated rings. The fraction of sp³-hybridized carbons (Fsp3) is 0.308. The lowest BCUT2D eigenvalue weighted by atomic mass is 10.1. The number of aryl methyl sites for hydroxylation is 2. The third-order valence-electron chi connectivity index (χ3n) is 3.19. The van der Waals surface area contributed by atoms with Crippen molar-refractivity contribution in [1.82, 2.24) is 14.3 Å². The van der Waals surface area contributed by atoms with E-state index in [2.05, 4.69) is 9.71 Å². The van der Waals surface area contributed by atoms with Crippen LogP contribution in [0, 0.1) is 12.7 Å². The molecule has 2 rings (SSSR count). The average Bonchev–Trinajstić information content (AvgIpc) is 2.72. The number of nitrogens with zero attached hydrogens (tertiary/aromatic N) is 2. The zero-order chi connectivity index (χ0) is 15.8. The van der Waals surface area contributed by atoms with Crippen LogP contribution in [0.3, 0.4) is 0 Å². The van der Waals surface area contributed by atoms with Gasteiger partial charge >= 0.3 is 0 Å². The lowest BCUT2D eigenvalue weighted by Crippen LogP contribution is -2.29. The summed E-state index contributed by atoms with van der Waals surface area (Å²) in [5.74, 6) is -0.453. The average molecular weight is 312 g/mol. The normalized spacial score (nSPS) is 13.3. The van der Waals surface area contributed by atoms with Crippen LogP contribution in [0.1, 0.15) is 24.1 Å². The molecule has 6 nitrogen and oxygen atoms in total. The predicted molar refractivity (Wildman–Crippen MR) is 77.5 cm³/mol. The Balaban J connectivity index is 2.30. The minimum absolute atomic E-state index is 0.0766. The molecule has 1 aromatic carbocycles. The van der Waals surface area contributed by atoms with Crippen molar-refractivity contribution in [3.05, 3.63) is 41.5 Å². The fourth-order valence-corrected chi connectivity index (χ4v) is 3.47. The van der Waals surface area contributed by atoms with Crippen LogP contribution in [0.15, 0.2) is 29.6 Å². The van der Waals surface area contributed by atoms with Gasteiger partial charge in [-0.05, 0) is 31.0 Å². The zero-order valence-corrected chi connectivity index (χ0v) is 12.8. The summed E-state index contributed by atoms with van der Waals surface area (Å²) in [5.41, 5.74) is 6.61. The molecule has 3 N–H and O–H groups in total. The highest BCUT2D eigenvalue weighted by Crippen LogP contribution is 2.21. The molecule has 0 bridgehead atoms. The molecular weight excluding hydrogens is 295 g/mol. The van der Waals surface area contributed by atoms with Gasteiger partial charge in [0.1, 0.15) is 5.82 Å². The van der Waals surface area contributed by atoms with Crippen LogP contribution < -0.4 is 10.5 Å². The molecule has 114 valence electrons. The summed E-state index contributed by atoms with van der Waals surface area (Å²) in [6, 6.07) is 4.00. The highest BCUT2D eigenvalue weighted by atomic mass is 32.2. The number of halogens is 1. The van der Waals surface area contributed by atoms with Crippen molar-refractivity contribution in [3.8, 4) is 0 Å². The predicted octanol–water partition coefficient (Wildman–Crippen LogP) is 1.49. The first-order valence-electron chi connectivity index (χ1n) is 6.27. The standard InChI is InChI=1S/C13H17FN4O2S/c1-8-4-5-10(6-11(8)14)9(2)17-21(19,20)13-12(15)16-7-18(13)3/h4-7,9,17H,15H2,1-3H3. The second-order valence-corrected chi connectivity index (χ2v) is 6.53. The van der Waals surface area contributed by atoms with Crippen molar-refractivity contribution in [2.24, 2.45) is 7.05 Å². The van der Waals surface area contributed by atoms with E-state index in [0.29, 0.717) is 11.1 Å². The lowest BCUT2D eigenvalue weighted by molar-refractivity contribution is 0.555. The third kappa shape index (κ3) is 3.06. The number of anilines is 1. The first-order chi connectivity index (χ1) is 9.72. The number of hydrogen-bond acceptors (Lipinski definition) is 4. The van der Waals surface area contributed by atoms with Gasteiger partial charge in [-0.2, -0.15) is 0 Å². The first-order valence-corrected chi connectivity index (χ1v) is 7.76. The van der Waals surface area contributed by atoms with Gasteiger partial charge in [0, 0.05) is 13.1 Å². The zero-order valence-electron chi connectivity index (χ0n) is 12.0. The number of imidazole rings is 1.